The molecule has 0 spiro atoms. The van der Waals surface area contributed by atoms with E-state index in [1.165, 1.54) is 6.42 Å². The fourth-order valence-corrected chi connectivity index (χ4v) is 3.47. The van der Waals surface area contributed by atoms with E-state index >= 15 is 0 Å². The van der Waals surface area contributed by atoms with Crippen LogP contribution in [0.5, 0.6) is 0 Å². The van der Waals surface area contributed by atoms with Gasteiger partial charge < -0.3 is 20.9 Å². The first-order valence-corrected chi connectivity index (χ1v) is 9.82. The maximum atomic E-state index is 12.7. The van der Waals surface area contributed by atoms with Crippen LogP contribution in [0.4, 0.5) is 16.2 Å². The monoisotopic (exact) mass is 416 g/mol. The summed E-state index contributed by atoms with van der Waals surface area (Å²) in [5, 5.41) is 8.74. The Bertz CT molecular complexity index is 775. The zero-order chi connectivity index (χ0) is 19.8. The molecule has 2 aromatic rings. The average molecular weight is 417 g/mol. The van der Waals surface area contributed by atoms with E-state index in [4.69, 9.17) is 0 Å². The van der Waals surface area contributed by atoms with Gasteiger partial charge in [-0.1, -0.05) is 18.2 Å². The number of hydrogen-bond donors (Lipinski definition) is 3. The van der Waals surface area contributed by atoms with E-state index in [1.807, 2.05) is 42.3 Å². The van der Waals surface area contributed by atoms with Crippen molar-refractivity contribution in [2.75, 3.05) is 37.3 Å². The second-order valence-electron chi connectivity index (χ2n) is 7.15. The molecule has 0 aromatic heterocycles. The molecule has 0 bridgehead atoms. The van der Waals surface area contributed by atoms with Gasteiger partial charge in [-0.15, -0.1) is 12.4 Å². The van der Waals surface area contributed by atoms with E-state index in [1.54, 1.807) is 24.3 Å². The summed E-state index contributed by atoms with van der Waals surface area (Å²) in [4.78, 5) is 26.7. The summed E-state index contributed by atoms with van der Waals surface area (Å²) in [6.07, 6.45) is 3.30. The van der Waals surface area contributed by atoms with Crippen molar-refractivity contribution in [2.24, 2.45) is 5.92 Å². The lowest BCUT2D eigenvalue weighted by Crippen LogP contribution is -2.38. The minimum Gasteiger partial charge on any atom is -0.339 e. The second-order valence-corrected chi connectivity index (χ2v) is 7.15. The van der Waals surface area contributed by atoms with Gasteiger partial charge in [-0.05, 0) is 75.2 Å². The van der Waals surface area contributed by atoms with Gasteiger partial charge in [0.25, 0.3) is 5.91 Å². The number of para-hydroxylation sites is 1. The van der Waals surface area contributed by atoms with Crippen molar-refractivity contribution in [1.82, 2.24) is 10.2 Å². The Balaban J connectivity index is 0.00000300. The predicted molar refractivity (Wildman–Crippen MR) is 120 cm³/mol. The van der Waals surface area contributed by atoms with E-state index < -0.39 is 0 Å². The SMILES string of the molecule is CNCCC1CCN(C(=O)c2ccc(NC(=O)Nc3ccccc3)cc2)CC1.Cl. The first kappa shape index (κ1) is 22.7. The zero-order valence-electron chi connectivity index (χ0n) is 16.7. The number of nitrogens with zero attached hydrogens (tertiary/aromatic N) is 1. The highest BCUT2D eigenvalue weighted by Crippen LogP contribution is 2.22. The number of amides is 3. The van der Waals surface area contributed by atoms with Crippen LogP contribution in [0.15, 0.2) is 54.6 Å². The minimum absolute atomic E-state index is 0. The van der Waals surface area contributed by atoms with Gasteiger partial charge in [0.2, 0.25) is 0 Å². The van der Waals surface area contributed by atoms with Crippen molar-refractivity contribution >= 4 is 35.7 Å². The van der Waals surface area contributed by atoms with Gasteiger partial charge in [0, 0.05) is 30.0 Å². The van der Waals surface area contributed by atoms with Crippen LogP contribution in [0.25, 0.3) is 0 Å². The van der Waals surface area contributed by atoms with E-state index in [-0.39, 0.29) is 24.3 Å². The molecule has 6 nitrogen and oxygen atoms in total. The van der Waals surface area contributed by atoms with Crippen molar-refractivity contribution in [3.05, 3.63) is 60.2 Å². The fourth-order valence-electron chi connectivity index (χ4n) is 3.47. The van der Waals surface area contributed by atoms with Gasteiger partial charge in [-0.2, -0.15) is 0 Å². The van der Waals surface area contributed by atoms with Gasteiger partial charge in [-0.25, -0.2) is 4.79 Å². The molecule has 3 amide bonds. The molecule has 3 N–H and O–H groups in total. The molecule has 0 saturated carbocycles. The number of carbonyl (C=O) groups is 2. The van der Waals surface area contributed by atoms with Gasteiger partial charge in [0.1, 0.15) is 0 Å². The maximum absolute atomic E-state index is 12.7. The Hall–Kier alpha value is -2.57. The molecular formula is C22H29ClN4O2. The van der Waals surface area contributed by atoms with Gasteiger partial charge in [-0.3, -0.25) is 4.79 Å². The molecule has 1 aliphatic heterocycles. The normalized spacial score (nSPS) is 14.0. The number of piperidine rings is 1. The predicted octanol–water partition coefficient (Wildman–Crippen LogP) is 4.21. The molecule has 7 heteroatoms. The molecule has 29 heavy (non-hydrogen) atoms. The summed E-state index contributed by atoms with van der Waals surface area (Å²) in [5.74, 6) is 0.763. The largest absolute Gasteiger partial charge is 0.339 e. The number of hydrogen-bond acceptors (Lipinski definition) is 3. The molecule has 3 rings (SSSR count). The Morgan fingerprint density at radius 2 is 1.52 bits per heavy atom. The highest BCUT2D eigenvalue weighted by Gasteiger charge is 2.23. The number of benzene rings is 2. The quantitative estimate of drug-likeness (QED) is 0.660. The van der Waals surface area contributed by atoms with Crippen LogP contribution in [0.2, 0.25) is 0 Å². The number of likely N-dealkylation sites (tertiary alicyclic amines) is 1. The van der Waals surface area contributed by atoms with Crippen molar-refractivity contribution in [2.45, 2.75) is 19.3 Å². The van der Waals surface area contributed by atoms with Gasteiger partial charge in [0.15, 0.2) is 0 Å². The topological polar surface area (TPSA) is 73.5 Å². The second kappa shape index (κ2) is 11.4. The van der Waals surface area contributed by atoms with Crippen molar-refractivity contribution in [1.29, 1.82) is 0 Å². The lowest BCUT2D eigenvalue weighted by Gasteiger charge is -2.32. The first-order chi connectivity index (χ1) is 13.7. The molecular weight excluding hydrogens is 388 g/mol. The summed E-state index contributed by atoms with van der Waals surface area (Å²) in [6.45, 7) is 2.66. The number of rotatable bonds is 6. The minimum atomic E-state index is -0.311. The van der Waals surface area contributed by atoms with Crippen LogP contribution in [0.1, 0.15) is 29.6 Å². The third kappa shape index (κ3) is 6.76. The molecule has 0 radical (unpaired) electrons. The van der Waals surface area contributed by atoms with Crippen LogP contribution in [0, 0.1) is 5.92 Å². The number of anilines is 2. The third-order valence-electron chi connectivity index (χ3n) is 5.13. The zero-order valence-corrected chi connectivity index (χ0v) is 17.5. The molecule has 1 fully saturated rings. The highest BCUT2D eigenvalue weighted by atomic mass is 35.5. The molecule has 2 aromatic carbocycles. The first-order valence-electron chi connectivity index (χ1n) is 9.82. The third-order valence-corrected chi connectivity index (χ3v) is 5.13. The van der Waals surface area contributed by atoms with Crippen molar-refractivity contribution < 1.29 is 9.59 Å². The summed E-state index contributed by atoms with van der Waals surface area (Å²) < 4.78 is 0. The van der Waals surface area contributed by atoms with Crippen molar-refractivity contribution in [3.8, 4) is 0 Å². The Kier molecular flexibility index (Phi) is 8.96. The molecule has 0 unspecified atom stereocenters. The number of halogens is 1. The molecule has 1 heterocycles. The lowest BCUT2D eigenvalue weighted by molar-refractivity contribution is 0.0687. The highest BCUT2D eigenvalue weighted by molar-refractivity contribution is 6.00. The molecule has 156 valence electrons. The molecule has 0 aliphatic carbocycles. The van der Waals surface area contributed by atoms with E-state index in [0.29, 0.717) is 17.2 Å². The van der Waals surface area contributed by atoms with Gasteiger partial charge >= 0.3 is 6.03 Å². The number of nitrogens with one attached hydrogen (secondary N) is 3. The van der Waals surface area contributed by atoms with E-state index in [0.717, 1.165) is 38.2 Å². The number of urea groups is 1. The van der Waals surface area contributed by atoms with Crippen LogP contribution < -0.4 is 16.0 Å². The smallest absolute Gasteiger partial charge is 0.323 e. The van der Waals surface area contributed by atoms with Gasteiger partial charge in [0.05, 0.1) is 0 Å². The van der Waals surface area contributed by atoms with Crippen LogP contribution in [0.3, 0.4) is 0 Å². The van der Waals surface area contributed by atoms with Crippen molar-refractivity contribution in [3.63, 3.8) is 0 Å². The number of carbonyl (C=O) groups excluding carboxylic acids is 2. The fraction of sp³-hybridized carbons (Fsp3) is 0.364. The Labute approximate surface area is 178 Å². The average Bonchev–Trinajstić information content (AvgIpc) is 2.73. The summed E-state index contributed by atoms with van der Waals surface area (Å²) in [5.41, 5.74) is 2.03. The maximum Gasteiger partial charge on any atom is 0.323 e. The van der Waals surface area contributed by atoms with Crippen LogP contribution >= 0.6 is 12.4 Å². The summed E-state index contributed by atoms with van der Waals surface area (Å²) in [7, 11) is 1.97. The van der Waals surface area contributed by atoms with E-state index in [9.17, 15) is 9.59 Å². The van der Waals surface area contributed by atoms with Crippen LogP contribution in [-0.4, -0.2) is 43.5 Å². The lowest BCUT2D eigenvalue weighted by atomic mass is 9.93. The molecule has 0 atom stereocenters. The van der Waals surface area contributed by atoms with Crippen LogP contribution in [-0.2, 0) is 0 Å². The molecule has 1 saturated heterocycles. The van der Waals surface area contributed by atoms with E-state index in [2.05, 4.69) is 16.0 Å². The summed E-state index contributed by atoms with van der Waals surface area (Å²) in [6, 6.07) is 16.0. The summed E-state index contributed by atoms with van der Waals surface area (Å²) >= 11 is 0. The Morgan fingerprint density at radius 3 is 2.10 bits per heavy atom. The standard InChI is InChI=1S/C22H28N4O2.ClH/c1-23-14-11-17-12-15-26(16-13-17)21(27)18-7-9-20(10-8-18)25-22(28)24-19-5-3-2-4-6-19;/h2-10,17,23H,11-16H2,1H3,(H2,24,25,28);1H. The molecule has 1 aliphatic rings. The Morgan fingerprint density at radius 1 is 0.931 bits per heavy atom.